The van der Waals surface area contributed by atoms with E-state index in [0.29, 0.717) is 24.1 Å². The van der Waals surface area contributed by atoms with E-state index < -0.39 is 0 Å². The molecule has 23 heavy (non-hydrogen) atoms. The number of nitrogens with zero attached hydrogens (tertiary/aromatic N) is 1. The molecule has 4 nitrogen and oxygen atoms in total. The number of fused-ring (bicyclic) bond motifs is 5. The van der Waals surface area contributed by atoms with E-state index in [0.717, 1.165) is 25.9 Å². The maximum Gasteiger partial charge on any atom is 0.412 e. The molecular formula is C19H28N2O2. The van der Waals surface area contributed by atoms with Crippen LogP contribution >= 0.6 is 0 Å². The monoisotopic (exact) mass is 316 g/mol. The topological polar surface area (TPSA) is 41.6 Å². The van der Waals surface area contributed by atoms with Crippen LogP contribution in [0.4, 0.5) is 4.79 Å². The van der Waals surface area contributed by atoms with Gasteiger partial charge in [0.15, 0.2) is 0 Å². The Bertz CT molecular complexity index is 556. The number of carbonyl (C=O) groups is 1. The smallest absolute Gasteiger partial charge is 0.410 e. The second-order valence-electron chi connectivity index (χ2n) is 7.02. The lowest BCUT2D eigenvalue weighted by atomic mass is 9.96. The standard InChI is InChI=1S/C19H28N2O2/c1-3-4-5-6-9-20-19(22)23-16-7-8-17-14-10-15(18(17)11-16)13-21(2)12-14/h7-8,11,14-15H,3-6,9-10,12-13H2,1-2H3,(H,20,22). The van der Waals surface area contributed by atoms with Crippen LogP contribution in [0.2, 0.25) is 0 Å². The third-order valence-electron chi connectivity index (χ3n) is 5.08. The van der Waals surface area contributed by atoms with E-state index in [9.17, 15) is 4.79 Å². The zero-order valence-corrected chi connectivity index (χ0v) is 14.3. The Balaban J connectivity index is 1.54. The molecule has 0 spiro atoms. The van der Waals surface area contributed by atoms with Gasteiger partial charge in [-0.05, 0) is 55.0 Å². The van der Waals surface area contributed by atoms with Crippen LogP contribution < -0.4 is 10.1 Å². The average molecular weight is 316 g/mol. The third kappa shape index (κ3) is 3.86. The fourth-order valence-electron chi connectivity index (χ4n) is 4.00. The summed E-state index contributed by atoms with van der Waals surface area (Å²) in [7, 11) is 2.19. The Morgan fingerprint density at radius 3 is 2.78 bits per heavy atom. The highest BCUT2D eigenvalue weighted by atomic mass is 16.6. The Hall–Kier alpha value is -1.55. The molecule has 0 aromatic heterocycles. The van der Waals surface area contributed by atoms with E-state index in [1.807, 2.05) is 6.07 Å². The molecule has 1 aliphatic heterocycles. The van der Waals surface area contributed by atoms with Crippen molar-refractivity contribution in [1.82, 2.24) is 10.2 Å². The molecule has 1 aromatic rings. The largest absolute Gasteiger partial charge is 0.412 e. The highest BCUT2D eigenvalue weighted by Crippen LogP contribution is 2.46. The molecule has 4 heteroatoms. The van der Waals surface area contributed by atoms with E-state index in [-0.39, 0.29) is 6.09 Å². The number of hydrogen-bond acceptors (Lipinski definition) is 3. The molecule has 0 radical (unpaired) electrons. The Morgan fingerprint density at radius 1 is 1.22 bits per heavy atom. The van der Waals surface area contributed by atoms with Gasteiger partial charge in [-0.15, -0.1) is 0 Å². The lowest BCUT2D eigenvalue weighted by molar-refractivity contribution is 0.200. The normalized spacial score (nSPS) is 22.7. The maximum absolute atomic E-state index is 11.9. The summed E-state index contributed by atoms with van der Waals surface area (Å²) in [6, 6.07) is 6.18. The minimum Gasteiger partial charge on any atom is -0.410 e. The Kier molecular flexibility index (Phi) is 5.21. The minimum atomic E-state index is -0.334. The molecule has 126 valence electrons. The number of unbranched alkanes of at least 4 members (excludes halogenated alkanes) is 3. The van der Waals surface area contributed by atoms with Crippen LogP contribution in [0.25, 0.3) is 0 Å². The number of ether oxygens (including phenoxy) is 1. The molecule has 1 fully saturated rings. The van der Waals surface area contributed by atoms with Gasteiger partial charge in [0.1, 0.15) is 5.75 Å². The van der Waals surface area contributed by atoms with Gasteiger partial charge >= 0.3 is 6.09 Å². The van der Waals surface area contributed by atoms with Crippen molar-refractivity contribution in [3.8, 4) is 5.75 Å². The van der Waals surface area contributed by atoms with Gasteiger partial charge in [0.25, 0.3) is 0 Å². The predicted octanol–water partition coefficient (Wildman–Crippen LogP) is 3.87. The van der Waals surface area contributed by atoms with Crippen LogP contribution in [0, 0.1) is 0 Å². The molecule has 1 N–H and O–H groups in total. The molecule has 2 atom stereocenters. The zero-order valence-electron chi connectivity index (χ0n) is 14.3. The number of hydrogen-bond donors (Lipinski definition) is 1. The summed E-state index contributed by atoms with van der Waals surface area (Å²) in [5.41, 5.74) is 2.83. The van der Waals surface area contributed by atoms with Gasteiger partial charge in [0.05, 0.1) is 0 Å². The molecule has 1 heterocycles. The van der Waals surface area contributed by atoms with Crippen LogP contribution in [0.5, 0.6) is 5.75 Å². The predicted molar refractivity (Wildman–Crippen MR) is 92.2 cm³/mol. The van der Waals surface area contributed by atoms with Crippen LogP contribution in [-0.4, -0.2) is 37.7 Å². The fraction of sp³-hybridized carbons (Fsp3) is 0.632. The van der Waals surface area contributed by atoms with Crippen molar-refractivity contribution in [1.29, 1.82) is 0 Å². The molecule has 2 bridgehead atoms. The van der Waals surface area contributed by atoms with Gasteiger partial charge in [-0.2, -0.15) is 0 Å². The number of benzene rings is 1. The molecule has 0 saturated carbocycles. The number of nitrogens with one attached hydrogen (secondary N) is 1. The van der Waals surface area contributed by atoms with Crippen LogP contribution in [-0.2, 0) is 0 Å². The van der Waals surface area contributed by atoms with Gasteiger partial charge < -0.3 is 15.0 Å². The van der Waals surface area contributed by atoms with Gasteiger partial charge in [-0.1, -0.05) is 32.3 Å². The first-order valence-electron chi connectivity index (χ1n) is 8.95. The van der Waals surface area contributed by atoms with Crippen molar-refractivity contribution in [3.05, 3.63) is 29.3 Å². The second kappa shape index (κ2) is 7.35. The lowest BCUT2D eigenvalue weighted by Gasteiger charge is -2.28. The molecule has 1 aromatic carbocycles. The molecule has 1 saturated heterocycles. The van der Waals surface area contributed by atoms with E-state index in [4.69, 9.17) is 4.74 Å². The molecule has 1 aliphatic carbocycles. The number of likely N-dealkylation sites (tertiary alicyclic amines) is 1. The molecule has 3 rings (SSSR count). The molecular weight excluding hydrogens is 288 g/mol. The first-order chi connectivity index (χ1) is 11.2. The number of carbonyl (C=O) groups excluding carboxylic acids is 1. The molecule has 1 amide bonds. The van der Waals surface area contributed by atoms with Gasteiger partial charge in [0.2, 0.25) is 0 Å². The summed E-state index contributed by atoms with van der Waals surface area (Å²) >= 11 is 0. The van der Waals surface area contributed by atoms with Crippen molar-refractivity contribution >= 4 is 6.09 Å². The Labute approximate surface area is 139 Å². The summed E-state index contributed by atoms with van der Waals surface area (Å²) in [5.74, 6) is 1.91. The SMILES string of the molecule is CCCCCCNC(=O)Oc1ccc2c(c1)C1CC2CN(C)C1. The summed E-state index contributed by atoms with van der Waals surface area (Å²) in [6.45, 7) is 5.13. The van der Waals surface area contributed by atoms with Crippen LogP contribution in [0.15, 0.2) is 18.2 Å². The fourth-order valence-corrected chi connectivity index (χ4v) is 4.00. The number of rotatable bonds is 6. The zero-order chi connectivity index (χ0) is 16.2. The Morgan fingerprint density at radius 2 is 2.00 bits per heavy atom. The highest BCUT2D eigenvalue weighted by molar-refractivity contribution is 5.70. The summed E-state index contributed by atoms with van der Waals surface area (Å²) in [4.78, 5) is 14.3. The van der Waals surface area contributed by atoms with Crippen LogP contribution in [0.3, 0.4) is 0 Å². The van der Waals surface area contributed by atoms with Crippen molar-refractivity contribution in [2.24, 2.45) is 0 Å². The van der Waals surface area contributed by atoms with Crippen molar-refractivity contribution in [2.45, 2.75) is 50.9 Å². The van der Waals surface area contributed by atoms with Crippen molar-refractivity contribution in [2.75, 3.05) is 26.7 Å². The first-order valence-corrected chi connectivity index (χ1v) is 8.95. The van der Waals surface area contributed by atoms with Crippen molar-refractivity contribution < 1.29 is 9.53 Å². The van der Waals surface area contributed by atoms with Crippen molar-refractivity contribution in [3.63, 3.8) is 0 Å². The van der Waals surface area contributed by atoms with Crippen LogP contribution in [0.1, 0.15) is 62.0 Å². The third-order valence-corrected chi connectivity index (χ3v) is 5.08. The molecule has 2 aliphatic rings. The van der Waals surface area contributed by atoms with E-state index >= 15 is 0 Å². The first kappa shape index (κ1) is 16.3. The summed E-state index contributed by atoms with van der Waals surface area (Å²) in [5, 5.41) is 2.84. The highest BCUT2D eigenvalue weighted by Gasteiger charge is 2.36. The van der Waals surface area contributed by atoms with E-state index in [2.05, 4.69) is 36.3 Å². The summed E-state index contributed by atoms with van der Waals surface area (Å²) in [6.07, 6.45) is 5.51. The number of amides is 1. The number of piperidine rings is 1. The summed E-state index contributed by atoms with van der Waals surface area (Å²) < 4.78 is 5.46. The van der Waals surface area contributed by atoms with Gasteiger partial charge in [-0.25, -0.2) is 4.79 Å². The lowest BCUT2D eigenvalue weighted by Crippen LogP contribution is -2.31. The number of likely N-dealkylation sites (N-methyl/N-ethyl adjacent to an activating group) is 1. The minimum absolute atomic E-state index is 0.334. The van der Waals surface area contributed by atoms with Gasteiger partial charge in [0, 0.05) is 19.6 Å². The quantitative estimate of drug-likeness (QED) is 0.810. The van der Waals surface area contributed by atoms with E-state index in [1.54, 1.807) is 0 Å². The van der Waals surface area contributed by atoms with E-state index in [1.165, 1.54) is 30.4 Å². The maximum atomic E-state index is 11.9. The van der Waals surface area contributed by atoms with Gasteiger partial charge in [-0.3, -0.25) is 0 Å². The molecule has 2 unspecified atom stereocenters. The second-order valence-corrected chi connectivity index (χ2v) is 7.02. The average Bonchev–Trinajstić information content (AvgIpc) is 2.78.